The molecule has 5 nitrogen and oxygen atoms in total. The van der Waals surface area contributed by atoms with Crippen LogP contribution in [0, 0.1) is 11.3 Å². The van der Waals surface area contributed by atoms with E-state index in [1.807, 2.05) is 42.5 Å². The zero-order valence-electron chi connectivity index (χ0n) is 14.8. The molecule has 132 valence electrons. The van der Waals surface area contributed by atoms with E-state index in [-0.39, 0.29) is 12.5 Å². The summed E-state index contributed by atoms with van der Waals surface area (Å²) in [4.78, 5) is 26.9. The van der Waals surface area contributed by atoms with Gasteiger partial charge < -0.3 is 5.32 Å². The highest BCUT2D eigenvalue weighted by atomic mass is 16.2. The molecule has 1 fully saturated rings. The molecule has 1 saturated heterocycles. The number of urea groups is 1. The lowest BCUT2D eigenvalue weighted by Gasteiger charge is -2.22. The number of carbonyl (C=O) groups excluding carboxylic acids is 2. The van der Waals surface area contributed by atoms with Crippen LogP contribution in [0.5, 0.6) is 0 Å². The summed E-state index contributed by atoms with van der Waals surface area (Å²) < 4.78 is 0. The van der Waals surface area contributed by atoms with Crippen LogP contribution in [0.25, 0.3) is 10.8 Å². The fraction of sp³-hybridized carbons (Fsp3) is 0.136. The molecule has 1 heterocycles. The summed E-state index contributed by atoms with van der Waals surface area (Å²) in [6.45, 7) is 1.90. The second-order valence-corrected chi connectivity index (χ2v) is 6.77. The maximum atomic E-state index is 13.1. The maximum Gasteiger partial charge on any atom is 0.325 e. The molecule has 1 aliphatic heterocycles. The summed E-state index contributed by atoms with van der Waals surface area (Å²) >= 11 is 0. The lowest BCUT2D eigenvalue weighted by molar-refractivity contribution is -0.131. The number of hydrogen-bond donors (Lipinski definition) is 1. The monoisotopic (exact) mass is 355 g/mol. The van der Waals surface area contributed by atoms with Crippen LogP contribution in [-0.4, -0.2) is 16.8 Å². The van der Waals surface area contributed by atoms with Crippen molar-refractivity contribution in [2.24, 2.45) is 0 Å². The lowest BCUT2D eigenvalue weighted by atomic mass is 9.91. The van der Waals surface area contributed by atoms with Crippen molar-refractivity contribution in [3.8, 4) is 6.07 Å². The van der Waals surface area contributed by atoms with Crippen molar-refractivity contribution in [1.82, 2.24) is 10.2 Å². The quantitative estimate of drug-likeness (QED) is 0.729. The van der Waals surface area contributed by atoms with E-state index in [9.17, 15) is 9.59 Å². The average molecular weight is 355 g/mol. The first-order valence-electron chi connectivity index (χ1n) is 8.64. The minimum Gasteiger partial charge on any atom is -0.319 e. The highest BCUT2D eigenvalue weighted by molar-refractivity contribution is 6.07. The van der Waals surface area contributed by atoms with Gasteiger partial charge in [0, 0.05) is 0 Å². The molecule has 3 amide bonds. The van der Waals surface area contributed by atoms with Crippen molar-refractivity contribution in [3.05, 3.63) is 83.4 Å². The number of nitrogens with zero attached hydrogens (tertiary/aromatic N) is 2. The molecule has 0 saturated carbocycles. The Balaban J connectivity index is 1.67. The van der Waals surface area contributed by atoms with Crippen LogP contribution in [0.3, 0.4) is 0 Å². The van der Waals surface area contributed by atoms with Gasteiger partial charge in [-0.3, -0.25) is 9.69 Å². The third-order valence-electron chi connectivity index (χ3n) is 5.07. The van der Waals surface area contributed by atoms with Gasteiger partial charge in [0.2, 0.25) is 0 Å². The number of amides is 3. The van der Waals surface area contributed by atoms with E-state index in [4.69, 9.17) is 5.26 Å². The topological polar surface area (TPSA) is 73.2 Å². The number of imide groups is 1. The normalized spacial score (nSPS) is 19.2. The Hall–Kier alpha value is -3.65. The molecule has 0 bridgehead atoms. The lowest BCUT2D eigenvalue weighted by Crippen LogP contribution is -2.40. The Bertz CT molecular complexity index is 1090. The van der Waals surface area contributed by atoms with E-state index in [0.29, 0.717) is 11.1 Å². The number of benzene rings is 3. The molecular weight excluding hydrogens is 338 g/mol. The molecule has 1 aliphatic rings. The highest BCUT2D eigenvalue weighted by Gasteiger charge is 2.48. The first kappa shape index (κ1) is 16.8. The number of rotatable bonds is 3. The first-order chi connectivity index (χ1) is 13.0. The molecular formula is C22H17N3O2. The summed E-state index contributed by atoms with van der Waals surface area (Å²) in [5, 5.41) is 13.8. The number of carbonyl (C=O) groups is 2. The molecule has 5 heteroatoms. The van der Waals surface area contributed by atoms with Gasteiger partial charge in [-0.05, 0) is 41.0 Å². The van der Waals surface area contributed by atoms with Gasteiger partial charge in [0.25, 0.3) is 5.91 Å². The van der Waals surface area contributed by atoms with Crippen molar-refractivity contribution in [3.63, 3.8) is 0 Å². The molecule has 0 unspecified atom stereocenters. The first-order valence-corrected chi connectivity index (χ1v) is 8.64. The van der Waals surface area contributed by atoms with Crippen LogP contribution in [0.4, 0.5) is 4.79 Å². The van der Waals surface area contributed by atoms with Crippen LogP contribution >= 0.6 is 0 Å². The SMILES string of the molecule is C[C@@]1(c2ccc(C#N)cc2)NC(=O)N(Cc2cccc3ccccc23)C1=O. The molecule has 3 aromatic carbocycles. The predicted octanol–water partition coefficient (Wildman–Crippen LogP) is 3.68. The van der Waals surface area contributed by atoms with Crippen LogP contribution in [0.2, 0.25) is 0 Å². The van der Waals surface area contributed by atoms with Crippen LogP contribution in [-0.2, 0) is 16.9 Å². The summed E-state index contributed by atoms with van der Waals surface area (Å²) in [5.41, 5.74) is 0.933. The van der Waals surface area contributed by atoms with Crippen molar-refractivity contribution in [2.75, 3.05) is 0 Å². The van der Waals surface area contributed by atoms with Crippen molar-refractivity contribution < 1.29 is 9.59 Å². The van der Waals surface area contributed by atoms with Gasteiger partial charge in [0.15, 0.2) is 0 Å². The molecule has 0 aliphatic carbocycles. The fourth-order valence-electron chi connectivity index (χ4n) is 3.52. The van der Waals surface area contributed by atoms with Crippen molar-refractivity contribution >= 4 is 22.7 Å². The number of nitrogens with one attached hydrogen (secondary N) is 1. The Labute approximate surface area is 156 Å². The zero-order valence-corrected chi connectivity index (χ0v) is 14.8. The fourth-order valence-corrected chi connectivity index (χ4v) is 3.52. The average Bonchev–Trinajstić information content (AvgIpc) is 2.92. The van der Waals surface area contributed by atoms with Gasteiger partial charge >= 0.3 is 6.03 Å². The second kappa shape index (κ2) is 6.26. The van der Waals surface area contributed by atoms with Crippen LogP contribution in [0.1, 0.15) is 23.6 Å². The van der Waals surface area contributed by atoms with E-state index in [2.05, 4.69) is 11.4 Å². The van der Waals surface area contributed by atoms with E-state index >= 15 is 0 Å². The van der Waals surface area contributed by atoms with Gasteiger partial charge in [-0.2, -0.15) is 5.26 Å². The Kier molecular flexibility index (Phi) is 3.89. The summed E-state index contributed by atoms with van der Waals surface area (Å²) in [6, 6.07) is 22.1. The van der Waals surface area contributed by atoms with Gasteiger partial charge in [-0.25, -0.2) is 4.79 Å². The number of fused-ring (bicyclic) bond motifs is 1. The molecule has 4 rings (SSSR count). The van der Waals surface area contributed by atoms with E-state index in [1.165, 1.54) is 4.90 Å². The number of hydrogen-bond acceptors (Lipinski definition) is 3. The molecule has 0 radical (unpaired) electrons. The smallest absolute Gasteiger partial charge is 0.319 e. The van der Waals surface area contributed by atoms with Crippen LogP contribution in [0.15, 0.2) is 66.7 Å². The molecule has 0 aromatic heterocycles. The summed E-state index contributed by atoms with van der Waals surface area (Å²) in [6.07, 6.45) is 0. The van der Waals surface area contributed by atoms with Gasteiger partial charge in [0.05, 0.1) is 18.2 Å². The molecule has 1 atom stereocenters. The number of nitriles is 1. The Morgan fingerprint density at radius 1 is 1.00 bits per heavy atom. The maximum absolute atomic E-state index is 13.1. The third-order valence-corrected chi connectivity index (χ3v) is 5.07. The minimum atomic E-state index is -1.14. The van der Waals surface area contributed by atoms with Gasteiger partial charge in [-0.15, -0.1) is 0 Å². The summed E-state index contributed by atoms with van der Waals surface area (Å²) in [7, 11) is 0. The minimum absolute atomic E-state index is 0.206. The van der Waals surface area contributed by atoms with Crippen LogP contribution < -0.4 is 5.32 Å². The zero-order chi connectivity index (χ0) is 19.0. The van der Waals surface area contributed by atoms with Gasteiger partial charge in [0.1, 0.15) is 5.54 Å². The predicted molar refractivity (Wildman–Crippen MR) is 102 cm³/mol. The Morgan fingerprint density at radius 2 is 1.70 bits per heavy atom. The van der Waals surface area contributed by atoms with E-state index in [0.717, 1.165) is 16.3 Å². The van der Waals surface area contributed by atoms with E-state index in [1.54, 1.807) is 31.2 Å². The molecule has 27 heavy (non-hydrogen) atoms. The van der Waals surface area contributed by atoms with E-state index < -0.39 is 11.6 Å². The molecule has 1 N–H and O–H groups in total. The second-order valence-electron chi connectivity index (χ2n) is 6.77. The molecule has 0 spiro atoms. The van der Waals surface area contributed by atoms with Crippen molar-refractivity contribution in [1.29, 1.82) is 5.26 Å². The highest BCUT2D eigenvalue weighted by Crippen LogP contribution is 2.31. The Morgan fingerprint density at radius 3 is 2.44 bits per heavy atom. The molecule has 3 aromatic rings. The standard InChI is InChI=1S/C22H17N3O2/c1-22(18-11-9-15(13-23)10-12-18)20(26)25(21(27)24-22)14-17-7-4-6-16-5-2-3-8-19(16)17/h2-12H,14H2,1H3,(H,24,27)/t22-/m0/s1. The largest absolute Gasteiger partial charge is 0.325 e. The van der Waals surface area contributed by atoms with Crippen molar-refractivity contribution in [2.45, 2.75) is 19.0 Å². The summed E-state index contributed by atoms with van der Waals surface area (Å²) in [5.74, 6) is -0.301. The third kappa shape index (κ3) is 2.72. The van der Waals surface area contributed by atoms with Gasteiger partial charge in [-0.1, -0.05) is 54.6 Å².